The van der Waals surface area contributed by atoms with Crippen LogP contribution in [0.2, 0.25) is 0 Å². The summed E-state index contributed by atoms with van der Waals surface area (Å²) in [6.07, 6.45) is 1.26. The zero-order valence-corrected chi connectivity index (χ0v) is 13.4. The van der Waals surface area contributed by atoms with E-state index in [1.807, 2.05) is 35.2 Å². The third-order valence-corrected chi connectivity index (χ3v) is 4.40. The molecule has 2 heterocycles. The number of hydrogen-bond donors (Lipinski definition) is 1. The molecule has 5 heteroatoms. The molecule has 1 aromatic heterocycles. The highest BCUT2D eigenvalue weighted by Crippen LogP contribution is 2.25. The highest BCUT2D eigenvalue weighted by atomic mass is 16.5. The van der Waals surface area contributed by atoms with Crippen LogP contribution in [-0.4, -0.2) is 47.7 Å². The van der Waals surface area contributed by atoms with Gasteiger partial charge in [-0.05, 0) is 30.0 Å². The van der Waals surface area contributed by atoms with Crippen molar-refractivity contribution in [3.8, 4) is 0 Å². The van der Waals surface area contributed by atoms with Gasteiger partial charge in [-0.2, -0.15) is 0 Å². The summed E-state index contributed by atoms with van der Waals surface area (Å²) in [5, 5.41) is 10.7. The number of rotatable bonds is 6. The second-order valence-corrected chi connectivity index (χ2v) is 6.05. The average Bonchev–Trinajstić information content (AvgIpc) is 2.91. The quantitative estimate of drug-likeness (QED) is 0.882. The van der Waals surface area contributed by atoms with Crippen LogP contribution in [0.15, 0.2) is 30.3 Å². The van der Waals surface area contributed by atoms with Gasteiger partial charge in [0.1, 0.15) is 0 Å². The number of methoxy groups -OCH3 is 1. The molecular weight excluding hydrogens is 292 g/mol. The minimum Gasteiger partial charge on any atom is -0.392 e. The minimum absolute atomic E-state index is 0.0266. The maximum atomic E-state index is 12.0. The van der Waals surface area contributed by atoms with Crippen LogP contribution in [0.3, 0.4) is 0 Å². The van der Waals surface area contributed by atoms with E-state index in [1.54, 1.807) is 7.11 Å². The lowest BCUT2D eigenvalue weighted by Crippen LogP contribution is -2.29. The van der Waals surface area contributed by atoms with Crippen LogP contribution in [0.25, 0.3) is 10.9 Å². The summed E-state index contributed by atoms with van der Waals surface area (Å²) < 4.78 is 5.05. The zero-order chi connectivity index (χ0) is 16.2. The molecule has 2 aromatic rings. The first-order valence-corrected chi connectivity index (χ1v) is 7.96. The fourth-order valence-electron chi connectivity index (χ4n) is 3.19. The molecule has 23 heavy (non-hydrogen) atoms. The van der Waals surface area contributed by atoms with Gasteiger partial charge >= 0.3 is 0 Å². The van der Waals surface area contributed by atoms with Gasteiger partial charge in [-0.25, -0.2) is 0 Å². The Kier molecular flexibility index (Phi) is 4.88. The van der Waals surface area contributed by atoms with E-state index in [9.17, 15) is 9.90 Å². The van der Waals surface area contributed by atoms with E-state index in [2.05, 4.69) is 0 Å². The van der Waals surface area contributed by atoms with Crippen LogP contribution in [0.4, 0.5) is 0 Å². The molecule has 1 aliphatic heterocycles. The second kappa shape index (κ2) is 7.06. The minimum atomic E-state index is -0.0266. The van der Waals surface area contributed by atoms with Gasteiger partial charge < -0.3 is 14.7 Å². The van der Waals surface area contributed by atoms with Gasteiger partial charge in [0, 0.05) is 37.7 Å². The molecule has 0 aliphatic carbocycles. The number of aliphatic hydroxyl groups is 1. The number of fused-ring (bicyclic) bond motifs is 1. The van der Waals surface area contributed by atoms with E-state index < -0.39 is 0 Å². The van der Waals surface area contributed by atoms with E-state index >= 15 is 0 Å². The summed E-state index contributed by atoms with van der Waals surface area (Å²) in [6, 6.07) is 9.90. The molecule has 0 unspecified atom stereocenters. The highest BCUT2D eigenvalue weighted by molar-refractivity contribution is 5.80. The molecule has 0 spiro atoms. The van der Waals surface area contributed by atoms with E-state index in [4.69, 9.17) is 9.72 Å². The maximum absolute atomic E-state index is 12.0. The highest BCUT2D eigenvalue weighted by Gasteiger charge is 2.30. The van der Waals surface area contributed by atoms with Gasteiger partial charge in [-0.1, -0.05) is 18.2 Å². The van der Waals surface area contributed by atoms with Gasteiger partial charge in [0.25, 0.3) is 0 Å². The van der Waals surface area contributed by atoms with Gasteiger partial charge in [0.2, 0.25) is 5.91 Å². The Bertz CT molecular complexity index is 702. The Labute approximate surface area is 135 Å². The average molecular weight is 314 g/mol. The molecular formula is C18H22N2O3. The Morgan fingerprint density at radius 1 is 1.39 bits per heavy atom. The lowest BCUT2D eigenvalue weighted by Gasteiger charge is -2.16. The van der Waals surface area contributed by atoms with E-state index in [0.717, 1.165) is 35.1 Å². The number of para-hydroxylation sites is 1. The van der Waals surface area contributed by atoms with Crippen molar-refractivity contribution < 1.29 is 14.6 Å². The van der Waals surface area contributed by atoms with Crippen molar-refractivity contribution in [3.05, 3.63) is 41.6 Å². The maximum Gasteiger partial charge on any atom is 0.223 e. The van der Waals surface area contributed by atoms with Crippen LogP contribution in [0.5, 0.6) is 0 Å². The number of nitrogens with zero attached hydrogens (tertiary/aromatic N) is 2. The van der Waals surface area contributed by atoms with Gasteiger partial charge in [0.05, 0.1) is 18.7 Å². The third kappa shape index (κ3) is 3.51. The van der Waals surface area contributed by atoms with Crippen LogP contribution >= 0.6 is 0 Å². The van der Waals surface area contributed by atoms with Crippen LogP contribution < -0.4 is 0 Å². The van der Waals surface area contributed by atoms with E-state index in [0.29, 0.717) is 19.6 Å². The largest absolute Gasteiger partial charge is 0.392 e. The summed E-state index contributed by atoms with van der Waals surface area (Å²) in [6.45, 7) is 1.92. The van der Waals surface area contributed by atoms with Crippen LogP contribution in [0, 0.1) is 5.92 Å². The van der Waals surface area contributed by atoms with Gasteiger partial charge in [-0.15, -0.1) is 0 Å². The second-order valence-electron chi connectivity index (χ2n) is 6.05. The van der Waals surface area contributed by atoms with Crippen molar-refractivity contribution in [1.82, 2.24) is 9.88 Å². The molecule has 0 radical (unpaired) electrons. The Morgan fingerprint density at radius 3 is 3.00 bits per heavy atom. The molecule has 122 valence electrons. The van der Waals surface area contributed by atoms with Crippen molar-refractivity contribution >= 4 is 16.8 Å². The number of benzene rings is 1. The topological polar surface area (TPSA) is 62.7 Å². The van der Waals surface area contributed by atoms with Crippen molar-refractivity contribution in [2.45, 2.75) is 19.4 Å². The number of pyridine rings is 1. The first-order chi connectivity index (χ1) is 11.2. The number of hydrogen-bond acceptors (Lipinski definition) is 4. The standard InChI is InChI=1S/C18H22N2O3/c1-23-7-6-20-11-13(9-18(20)22)8-17-15(12-21)10-14-4-2-3-5-16(14)19-17/h2-5,10,13,21H,6-9,11-12H2,1H3/t13-/m1/s1. The predicted octanol–water partition coefficient (Wildman–Crippen LogP) is 1.76. The molecule has 1 fully saturated rings. The SMILES string of the molecule is COCCN1C[C@H](Cc2nc3ccccc3cc2CO)CC1=O. The fraction of sp³-hybridized carbons (Fsp3) is 0.444. The Morgan fingerprint density at radius 2 is 2.22 bits per heavy atom. The molecule has 0 saturated carbocycles. The third-order valence-electron chi connectivity index (χ3n) is 4.40. The number of aromatic nitrogens is 1. The normalized spacial score (nSPS) is 18.1. The lowest BCUT2D eigenvalue weighted by molar-refractivity contribution is -0.128. The summed E-state index contributed by atoms with van der Waals surface area (Å²) in [5.74, 6) is 0.428. The number of carbonyl (C=O) groups excluding carboxylic acids is 1. The number of ether oxygens (including phenoxy) is 1. The van der Waals surface area contributed by atoms with Crippen molar-refractivity contribution in [2.24, 2.45) is 5.92 Å². The molecule has 1 N–H and O–H groups in total. The Hall–Kier alpha value is -1.98. The van der Waals surface area contributed by atoms with Crippen LogP contribution in [-0.2, 0) is 22.6 Å². The van der Waals surface area contributed by atoms with Crippen LogP contribution in [0.1, 0.15) is 17.7 Å². The molecule has 1 atom stereocenters. The molecule has 1 aromatic carbocycles. The predicted molar refractivity (Wildman–Crippen MR) is 87.9 cm³/mol. The first-order valence-electron chi connectivity index (χ1n) is 7.96. The number of carbonyl (C=O) groups is 1. The van der Waals surface area contributed by atoms with Gasteiger partial charge in [-0.3, -0.25) is 9.78 Å². The molecule has 1 saturated heterocycles. The van der Waals surface area contributed by atoms with E-state index in [1.165, 1.54) is 0 Å². The van der Waals surface area contributed by atoms with E-state index in [-0.39, 0.29) is 18.4 Å². The lowest BCUT2D eigenvalue weighted by atomic mass is 9.98. The summed E-state index contributed by atoms with van der Waals surface area (Å²) in [4.78, 5) is 18.6. The molecule has 0 bridgehead atoms. The monoisotopic (exact) mass is 314 g/mol. The number of amides is 1. The summed E-state index contributed by atoms with van der Waals surface area (Å²) in [7, 11) is 1.64. The molecule has 1 aliphatic rings. The summed E-state index contributed by atoms with van der Waals surface area (Å²) >= 11 is 0. The first kappa shape index (κ1) is 15.9. The fourth-order valence-corrected chi connectivity index (χ4v) is 3.19. The van der Waals surface area contributed by atoms with Crippen molar-refractivity contribution in [3.63, 3.8) is 0 Å². The van der Waals surface area contributed by atoms with Crippen molar-refractivity contribution in [1.29, 1.82) is 0 Å². The number of likely N-dealkylation sites (tertiary alicyclic amines) is 1. The Balaban J connectivity index is 1.77. The smallest absolute Gasteiger partial charge is 0.223 e. The number of aliphatic hydroxyl groups excluding tert-OH is 1. The zero-order valence-electron chi connectivity index (χ0n) is 13.4. The van der Waals surface area contributed by atoms with Gasteiger partial charge in [0.15, 0.2) is 0 Å². The molecule has 3 rings (SSSR count). The summed E-state index contributed by atoms with van der Waals surface area (Å²) in [5.41, 5.74) is 2.68. The molecule has 5 nitrogen and oxygen atoms in total. The van der Waals surface area contributed by atoms with Crippen molar-refractivity contribution in [2.75, 3.05) is 26.8 Å². The molecule has 1 amide bonds.